The minimum Gasteiger partial charge on any atom is -0.320 e. The van der Waals surface area contributed by atoms with Crippen molar-refractivity contribution < 1.29 is 13.8 Å². The normalized spacial score (nSPS) is 10.2. The minimum atomic E-state index is -0.363. The molecule has 0 saturated heterocycles. The number of carbonyl (C=O) groups excluding carboxylic acids is 1. The Hall–Kier alpha value is -2.23. The lowest BCUT2D eigenvalue weighted by Crippen LogP contribution is -2.39. The maximum Gasteiger partial charge on any atom is 0.290 e. The quantitative estimate of drug-likeness (QED) is 0.840. The molecule has 1 N–H and O–H groups in total. The molecule has 2 rings (SSSR count). The van der Waals surface area contributed by atoms with E-state index in [0.717, 1.165) is 6.42 Å². The molecule has 0 aliphatic carbocycles. The van der Waals surface area contributed by atoms with Gasteiger partial charge in [0, 0.05) is 17.8 Å². The third-order valence-corrected chi connectivity index (χ3v) is 2.80. The number of benzene rings is 1. The molecule has 0 aliphatic heterocycles. The molecule has 0 fully saturated rings. The van der Waals surface area contributed by atoms with Crippen LogP contribution in [0.2, 0.25) is 0 Å². The van der Waals surface area contributed by atoms with Gasteiger partial charge in [-0.2, -0.15) is 4.57 Å². The van der Waals surface area contributed by atoms with E-state index in [2.05, 4.69) is 12.2 Å². The average molecular weight is 259 g/mol. The second-order valence-electron chi connectivity index (χ2n) is 4.29. The lowest BCUT2D eigenvalue weighted by atomic mass is 10.2. The highest BCUT2D eigenvalue weighted by atomic mass is 19.1. The smallest absolute Gasteiger partial charge is 0.290 e. The third-order valence-electron chi connectivity index (χ3n) is 2.80. The standard InChI is InChI=1S/C15H15FN2O/c1-2-12-6-8-18(9-7-12)11-15(19)17-14-5-3-4-13(16)10-14/h3-10H,2,11H2,1H3/p+1. The molecule has 98 valence electrons. The highest BCUT2D eigenvalue weighted by molar-refractivity contribution is 5.89. The van der Waals surface area contributed by atoms with E-state index in [1.807, 2.05) is 24.5 Å². The van der Waals surface area contributed by atoms with Gasteiger partial charge < -0.3 is 5.32 Å². The number of hydrogen-bond donors (Lipinski definition) is 1. The van der Waals surface area contributed by atoms with E-state index in [1.165, 1.54) is 17.7 Å². The van der Waals surface area contributed by atoms with Crippen LogP contribution in [0, 0.1) is 5.82 Å². The van der Waals surface area contributed by atoms with Crippen molar-refractivity contribution >= 4 is 11.6 Å². The number of aromatic nitrogens is 1. The summed E-state index contributed by atoms with van der Waals surface area (Å²) < 4.78 is 14.8. The number of anilines is 1. The first kappa shape index (κ1) is 13.2. The van der Waals surface area contributed by atoms with Gasteiger partial charge in [0.15, 0.2) is 12.4 Å². The fourth-order valence-electron chi connectivity index (χ4n) is 1.76. The highest BCUT2D eigenvalue weighted by Crippen LogP contribution is 2.08. The molecule has 19 heavy (non-hydrogen) atoms. The van der Waals surface area contributed by atoms with E-state index in [1.54, 1.807) is 16.7 Å². The monoisotopic (exact) mass is 259 g/mol. The van der Waals surface area contributed by atoms with Gasteiger partial charge in [0.1, 0.15) is 5.82 Å². The Balaban J connectivity index is 1.97. The maximum atomic E-state index is 13.0. The average Bonchev–Trinajstić information content (AvgIpc) is 2.39. The Morgan fingerprint density at radius 2 is 2.00 bits per heavy atom. The van der Waals surface area contributed by atoms with Crippen molar-refractivity contribution in [3.8, 4) is 0 Å². The van der Waals surface area contributed by atoms with Crippen LogP contribution in [0.1, 0.15) is 12.5 Å². The molecule has 4 heteroatoms. The van der Waals surface area contributed by atoms with Crippen molar-refractivity contribution in [2.24, 2.45) is 0 Å². The number of rotatable bonds is 4. The Kier molecular flexibility index (Phi) is 4.23. The van der Waals surface area contributed by atoms with Crippen molar-refractivity contribution in [1.29, 1.82) is 0 Å². The van der Waals surface area contributed by atoms with Crippen molar-refractivity contribution in [1.82, 2.24) is 0 Å². The first-order valence-electron chi connectivity index (χ1n) is 6.21. The van der Waals surface area contributed by atoms with Crippen LogP contribution in [0.15, 0.2) is 48.8 Å². The zero-order chi connectivity index (χ0) is 13.7. The van der Waals surface area contributed by atoms with Crippen molar-refractivity contribution in [3.63, 3.8) is 0 Å². The number of carbonyl (C=O) groups is 1. The molecule has 1 heterocycles. The summed E-state index contributed by atoms with van der Waals surface area (Å²) in [6.07, 6.45) is 4.70. The van der Waals surface area contributed by atoms with Gasteiger partial charge >= 0.3 is 0 Å². The number of pyridine rings is 1. The van der Waals surface area contributed by atoms with Crippen LogP contribution in [0.25, 0.3) is 0 Å². The second-order valence-corrected chi connectivity index (χ2v) is 4.29. The van der Waals surface area contributed by atoms with Gasteiger partial charge in [0.05, 0.1) is 0 Å². The zero-order valence-corrected chi connectivity index (χ0v) is 10.8. The molecule has 0 unspecified atom stereocenters. The van der Waals surface area contributed by atoms with E-state index >= 15 is 0 Å². The molecule has 0 radical (unpaired) electrons. The van der Waals surface area contributed by atoms with Crippen LogP contribution >= 0.6 is 0 Å². The molecule has 1 aromatic carbocycles. The van der Waals surface area contributed by atoms with Gasteiger partial charge in [-0.1, -0.05) is 13.0 Å². The van der Waals surface area contributed by atoms with Crippen LogP contribution in [0.5, 0.6) is 0 Å². The fourth-order valence-corrected chi connectivity index (χ4v) is 1.76. The third kappa shape index (κ3) is 3.88. The van der Waals surface area contributed by atoms with Crippen LogP contribution in [0.3, 0.4) is 0 Å². The zero-order valence-electron chi connectivity index (χ0n) is 10.8. The summed E-state index contributed by atoms with van der Waals surface area (Å²) >= 11 is 0. The van der Waals surface area contributed by atoms with Crippen LogP contribution in [-0.4, -0.2) is 5.91 Å². The summed E-state index contributed by atoms with van der Waals surface area (Å²) in [5, 5.41) is 2.66. The van der Waals surface area contributed by atoms with E-state index < -0.39 is 0 Å². The molecule has 0 bridgehead atoms. The fraction of sp³-hybridized carbons (Fsp3) is 0.200. The first-order chi connectivity index (χ1) is 9.17. The molecule has 1 amide bonds. The topological polar surface area (TPSA) is 33.0 Å². The molecular weight excluding hydrogens is 243 g/mol. The Morgan fingerprint density at radius 3 is 2.63 bits per heavy atom. The highest BCUT2D eigenvalue weighted by Gasteiger charge is 2.09. The molecule has 1 aromatic heterocycles. The number of nitrogens with zero attached hydrogens (tertiary/aromatic N) is 1. The molecule has 2 aromatic rings. The van der Waals surface area contributed by atoms with E-state index in [-0.39, 0.29) is 18.3 Å². The number of hydrogen-bond acceptors (Lipinski definition) is 1. The number of aryl methyl sites for hydroxylation is 1. The van der Waals surface area contributed by atoms with E-state index in [0.29, 0.717) is 5.69 Å². The molecule has 0 saturated carbocycles. The van der Waals surface area contributed by atoms with Gasteiger partial charge in [-0.3, -0.25) is 4.79 Å². The minimum absolute atomic E-state index is 0.181. The van der Waals surface area contributed by atoms with Crippen molar-refractivity contribution in [3.05, 3.63) is 60.2 Å². The SMILES string of the molecule is CCc1cc[n+](CC(=O)Nc2cccc(F)c2)cc1. The van der Waals surface area contributed by atoms with Crippen LogP contribution < -0.4 is 9.88 Å². The first-order valence-corrected chi connectivity index (χ1v) is 6.21. The lowest BCUT2D eigenvalue weighted by Gasteiger charge is -2.03. The lowest BCUT2D eigenvalue weighted by molar-refractivity contribution is -0.684. The maximum absolute atomic E-state index is 13.0. The Morgan fingerprint density at radius 1 is 1.26 bits per heavy atom. The number of halogens is 1. The summed E-state index contributed by atoms with van der Waals surface area (Å²) in [5.41, 5.74) is 1.69. The molecule has 0 spiro atoms. The van der Waals surface area contributed by atoms with Gasteiger partial charge in [0.2, 0.25) is 6.54 Å². The van der Waals surface area contributed by atoms with E-state index in [9.17, 15) is 9.18 Å². The summed E-state index contributed by atoms with van der Waals surface area (Å²) in [7, 11) is 0. The van der Waals surface area contributed by atoms with Crippen molar-refractivity contribution in [2.75, 3.05) is 5.32 Å². The predicted octanol–water partition coefficient (Wildman–Crippen LogP) is 2.31. The largest absolute Gasteiger partial charge is 0.320 e. The molecule has 3 nitrogen and oxygen atoms in total. The van der Waals surface area contributed by atoms with Crippen molar-refractivity contribution in [2.45, 2.75) is 19.9 Å². The van der Waals surface area contributed by atoms with E-state index in [4.69, 9.17) is 0 Å². The summed E-state index contributed by atoms with van der Waals surface area (Å²) in [6.45, 7) is 2.29. The number of nitrogens with one attached hydrogen (secondary N) is 1. The van der Waals surface area contributed by atoms with Gasteiger partial charge in [-0.15, -0.1) is 0 Å². The van der Waals surface area contributed by atoms with Gasteiger partial charge in [-0.05, 0) is 30.2 Å². The Bertz CT molecular complexity index is 567. The number of amides is 1. The predicted molar refractivity (Wildman–Crippen MR) is 71.0 cm³/mol. The summed E-state index contributed by atoms with van der Waals surface area (Å²) in [5.74, 6) is -0.544. The van der Waals surface area contributed by atoms with Gasteiger partial charge in [0.25, 0.3) is 5.91 Å². The molecular formula is C15H16FN2O+. The van der Waals surface area contributed by atoms with Crippen LogP contribution in [0.4, 0.5) is 10.1 Å². The van der Waals surface area contributed by atoms with Crippen LogP contribution in [-0.2, 0) is 17.8 Å². The second kappa shape index (κ2) is 6.09. The summed E-state index contributed by atoms with van der Waals surface area (Å²) in [4.78, 5) is 11.8. The molecule has 0 atom stereocenters. The molecule has 0 aliphatic rings. The van der Waals surface area contributed by atoms with Gasteiger partial charge in [-0.25, -0.2) is 4.39 Å². The summed E-state index contributed by atoms with van der Waals surface area (Å²) in [6, 6.07) is 9.82. The Labute approximate surface area is 111 Å².